The molecule has 0 unspecified atom stereocenters. The zero-order valence-corrected chi connectivity index (χ0v) is 19.2. The van der Waals surface area contributed by atoms with Crippen LogP contribution in [0.5, 0.6) is 0 Å². The Bertz CT molecular complexity index is 905. The van der Waals surface area contributed by atoms with E-state index in [1.54, 1.807) is 24.3 Å². The Morgan fingerprint density at radius 3 is 2.52 bits per heavy atom. The molecule has 154 valence electrons. The molecule has 9 heteroatoms. The van der Waals surface area contributed by atoms with Crippen molar-refractivity contribution in [3.8, 4) is 0 Å². The van der Waals surface area contributed by atoms with Crippen molar-refractivity contribution in [2.75, 3.05) is 44.7 Å². The molecule has 0 saturated carbocycles. The van der Waals surface area contributed by atoms with Crippen LogP contribution in [0.25, 0.3) is 0 Å². The second-order valence-electron chi connectivity index (χ2n) is 6.64. The number of anilines is 1. The summed E-state index contributed by atoms with van der Waals surface area (Å²) < 4.78 is 6.25. The number of nitrogens with one attached hydrogen (secondary N) is 3. The second-order valence-corrected chi connectivity index (χ2v) is 8.73. The van der Waals surface area contributed by atoms with Gasteiger partial charge in [-0.2, -0.15) is 0 Å². The van der Waals surface area contributed by atoms with Gasteiger partial charge in [-0.25, -0.2) is 0 Å². The quantitative estimate of drug-likeness (QED) is 0.486. The molecule has 1 heterocycles. The fourth-order valence-corrected chi connectivity index (χ4v) is 4.02. The van der Waals surface area contributed by atoms with Crippen LogP contribution in [0.1, 0.15) is 20.7 Å². The molecule has 3 rings (SSSR count). The van der Waals surface area contributed by atoms with Crippen molar-refractivity contribution in [1.82, 2.24) is 5.32 Å². The fraction of sp³-hybridized carbons (Fsp3) is 0.300. The predicted octanol–water partition coefficient (Wildman–Crippen LogP) is 2.50. The molecule has 3 N–H and O–H groups in total. The van der Waals surface area contributed by atoms with Crippen molar-refractivity contribution in [3.63, 3.8) is 0 Å². The third-order valence-electron chi connectivity index (χ3n) is 4.61. The first-order chi connectivity index (χ1) is 13.9. The van der Waals surface area contributed by atoms with E-state index in [9.17, 15) is 9.59 Å². The number of halogens is 3. The van der Waals surface area contributed by atoms with Crippen LogP contribution >= 0.6 is 45.8 Å². The lowest BCUT2D eigenvalue weighted by Crippen LogP contribution is -3.14. The van der Waals surface area contributed by atoms with E-state index in [2.05, 4.69) is 33.2 Å². The standard InChI is InChI=1S/C20H20Cl2IN3O3/c21-13-1-3-15(17(22)11-13)20(28)25-18-4-2-14(23)12-16(18)19(27)24-5-6-26-7-9-29-10-8-26/h1-4,11-12H,5-10H2,(H,24,27)(H,25,28)/p+1. The Labute approximate surface area is 193 Å². The number of amides is 2. The van der Waals surface area contributed by atoms with Crippen molar-refractivity contribution in [2.24, 2.45) is 0 Å². The molecule has 2 amide bonds. The normalized spacial score (nSPS) is 14.4. The summed E-state index contributed by atoms with van der Waals surface area (Å²) >= 11 is 14.2. The van der Waals surface area contributed by atoms with Gasteiger partial charge < -0.3 is 20.3 Å². The monoisotopic (exact) mass is 548 g/mol. The molecule has 0 aliphatic carbocycles. The van der Waals surface area contributed by atoms with Gasteiger partial charge in [-0.05, 0) is 59.0 Å². The first kappa shape index (κ1) is 22.3. The van der Waals surface area contributed by atoms with E-state index in [4.69, 9.17) is 27.9 Å². The Hall–Kier alpha value is -1.39. The largest absolute Gasteiger partial charge is 0.370 e. The summed E-state index contributed by atoms with van der Waals surface area (Å²) in [5, 5.41) is 6.43. The van der Waals surface area contributed by atoms with Gasteiger partial charge in [-0.15, -0.1) is 0 Å². The molecule has 6 nitrogen and oxygen atoms in total. The summed E-state index contributed by atoms with van der Waals surface area (Å²) in [6.07, 6.45) is 0. The van der Waals surface area contributed by atoms with Gasteiger partial charge in [0.05, 0.1) is 48.1 Å². The highest BCUT2D eigenvalue weighted by Gasteiger charge is 2.18. The van der Waals surface area contributed by atoms with Crippen molar-refractivity contribution in [2.45, 2.75) is 0 Å². The minimum Gasteiger partial charge on any atom is -0.370 e. The topological polar surface area (TPSA) is 71.9 Å². The van der Waals surface area contributed by atoms with Crippen LogP contribution in [0.4, 0.5) is 5.69 Å². The predicted molar refractivity (Wildman–Crippen MR) is 122 cm³/mol. The Kier molecular flexibility index (Phi) is 8.14. The van der Waals surface area contributed by atoms with E-state index < -0.39 is 5.91 Å². The van der Waals surface area contributed by atoms with Gasteiger partial charge in [0.15, 0.2) is 0 Å². The molecule has 29 heavy (non-hydrogen) atoms. The van der Waals surface area contributed by atoms with Crippen LogP contribution in [-0.4, -0.2) is 51.2 Å². The van der Waals surface area contributed by atoms with E-state index in [1.165, 1.54) is 11.0 Å². The van der Waals surface area contributed by atoms with Crippen LogP contribution in [0.2, 0.25) is 10.0 Å². The molecule has 1 aliphatic heterocycles. The maximum atomic E-state index is 12.7. The van der Waals surface area contributed by atoms with Crippen molar-refractivity contribution in [1.29, 1.82) is 0 Å². The lowest BCUT2D eigenvalue weighted by atomic mass is 10.1. The zero-order chi connectivity index (χ0) is 20.8. The molecule has 0 spiro atoms. The highest BCUT2D eigenvalue weighted by molar-refractivity contribution is 14.1. The van der Waals surface area contributed by atoms with Crippen molar-refractivity contribution >= 4 is 63.3 Å². The van der Waals surface area contributed by atoms with E-state index >= 15 is 0 Å². The maximum Gasteiger partial charge on any atom is 0.257 e. The Morgan fingerprint density at radius 2 is 1.79 bits per heavy atom. The van der Waals surface area contributed by atoms with Crippen LogP contribution in [-0.2, 0) is 4.74 Å². The summed E-state index contributed by atoms with van der Waals surface area (Å²) in [4.78, 5) is 26.8. The highest BCUT2D eigenvalue weighted by Crippen LogP contribution is 2.24. The molecular formula is C20H21Cl2IN3O3+. The maximum absolute atomic E-state index is 12.7. The first-order valence-corrected chi connectivity index (χ1v) is 11.0. The van der Waals surface area contributed by atoms with E-state index in [-0.39, 0.29) is 16.5 Å². The molecule has 2 aromatic rings. The third-order valence-corrected chi connectivity index (χ3v) is 5.83. The average molecular weight is 549 g/mol. The number of quaternary nitrogens is 1. The van der Waals surface area contributed by atoms with Crippen LogP contribution in [0, 0.1) is 3.57 Å². The van der Waals surface area contributed by atoms with Crippen LogP contribution in [0.3, 0.4) is 0 Å². The third kappa shape index (κ3) is 6.29. The van der Waals surface area contributed by atoms with Gasteiger partial charge in [0.2, 0.25) is 0 Å². The number of carbonyl (C=O) groups is 2. The summed E-state index contributed by atoms with van der Waals surface area (Å²) in [7, 11) is 0. The molecule has 1 aliphatic rings. The number of hydrogen-bond acceptors (Lipinski definition) is 3. The molecule has 0 radical (unpaired) electrons. The number of ether oxygens (including phenoxy) is 1. The van der Waals surface area contributed by atoms with Crippen molar-refractivity contribution < 1.29 is 19.2 Å². The van der Waals surface area contributed by atoms with Gasteiger partial charge >= 0.3 is 0 Å². The van der Waals surface area contributed by atoms with Crippen LogP contribution < -0.4 is 15.5 Å². The molecule has 0 aromatic heterocycles. The smallest absolute Gasteiger partial charge is 0.257 e. The van der Waals surface area contributed by atoms with E-state index in [0.717, 1.165) is 36.4 Å². The lowest BCUT2D eigenvalue weighted by Gasteiger charge is -2.23. The van der Waals surface area contributed by atoms with E-state index in [1.807, 2.05) is 6.07 Å². The first-order valence-electron chi connectivity index (χ1n) is 9.19. The highest BCUT2D eigenvalue weighted by atomic mass is 127. The zero-order valence-electron chi connectivity index (χ0n) is 15.6. The number of benzene rings is 2. The Morgan fingerprint density at radius 1 is 1.03 bits per heavy atom. The molecular weight excluding hydrogens is 528 g/mol. The number of morpholine rings is 1. The molecule has 0 bridgehead atoms. The summed E-state index contributed by atoms with van der Waals surface area (Å²) in [5.41, 5.74) is 1.13. The average Bonchev–Trinajstić information content (AvgIpc) is 2.70. The number of carbonyl (C=O) groups excluding carboxylic acids is 2. The minimum atomic E-state index is -0.403. The van der Waals surface area contributed by atoms with Gasteiger partial charge in [-0.3, -0.25) is 9.59 Å². The molecule has 2 aromatic carbocycles. The SMILES string of the molecule is O=C(Nc1ccc(I)cc1C(=O)NCC[NH+]1CCOCC1)c1ccc(Cl)cc1Cl. The number of hydrogen-bond donors (Lipinski definition) is 3. The Balaban J connectivity index is 1.68. The second kappa shape index (κ2) is 10.6. The summed E-state index contributed by atoms with van der Waals surface area (Å²) in [6, 6.07) is 9.94. The minimum absolute atomic E-state index is 0.228. The summed E-state index contributed by atoms with van der Waals surface area (Å²) in [6.45, 7) is 4.79. The van der Waals surface area contributed by atoms with Gasteiger partial charge in [0.25, 0.3) is 11.8 Å². The van der Waals surface area contributed by atoms with Gasteiger partial charge in [0.1, 0.15) is 13.1 Å². The fourth-order valence-electron chi connectivity index (χ4n) is 3.03. The molecule has 0 atom stereocenters. The van der Waals surface area contributed by atoms with Crippen LogP contribution in [0.15, 0.2) is 36.4 Å². The lowest BCUT2D eigenvalue weighted by molar-refractivity contribution is -0.906. The molecule has 1 fully saturated rings. The number of rotatable bonds is 6. The van der Waals surface area contributed by atoms with Crippen molar-refractivity contribution in [3.05, 3.63) is 61.1 Å². The summed E-state index contributed by atoms with van der Waals surface area (Å²) in [5.74, 6) is -0.631. The van der Waals surface area contributed by atoms with Gasteiger partial charge in [-0.1, -0.05) is 23.2 Å². The molecule has 1 saturated heterocycles. The van der Waals surface area contributed by atoms with Gasteiger partial charge in [0, 0.05) is 8.59 Å². The van der Waals surface area contributed by atoms with E-state index in [0.29, 0.717) is 22.8 Å².